The predicted octanol–water partition coefficient (Wildman–Crippen LogP) is 2.14. The highest BCUT2D eigenvalue weighted by atomic mass is 16.5. The molecule has 0 unspecified atom stereocenters. The zero-order valence-electron chi connectivity index (χ0n) is 8.81. The highest BCUT2D eigenvalue weighted by Gasteiger charge is 1.91. The molecular formula is C10H23NO. The van der Waals surface area contributed by atoms with Gasteiger partial charge in [-0.2, -0.15) is 0 Å². The van der Waals surface area contributed by atoms with Gasteiger partial charge in [0.15, 0.2) is 0 Å². The lowest BCUT2D eigenvalue weighted by atomic mass is 10.1. The fourth-order valence-corrected chi connectivity index (χ4v) is 1.20. The van der Waals surface area contributed by atoms with Crippen LogP contribution in [-0.2, 0) is 4.74 Å². The maximum absolute atomic E-state index is 4.98. The normalized spacial score (nSPS) is 11.0. The third-order valence-corrected chi connectivity index (χ3v) is 1.95. The Kier molecular flexibility index (Phi) is 8.95. The summed E-state index contributed by atoms with van der Waals surface area (Å²) >= 11 is 0. The molecule has 0 aliphatic rings. The molecule has 2 heteroatoms. The molecule has 0 radical (unpaired) electrons. The molecule has 0 fully saturated rings. The second kappa shape index (κ2) is 9.01. The van der Waals surface area contributed by atoms with Gasteiger partial charge in [-0.3, -0.25) is 0 Å². The van der Waals surface area contributed by atoms with Gasteiger partial charge in [0.25, 0.3) is 0 Å². The number of methoxy groups -OCH3 is 1. The van der Waals surface area contributed by atoms with Crippen molar-refractivity contribution in [2.24, 2.45) is 0 Å². The molecule has 0 bridgehead atoms. The standard InChI is InChI=1S/C10H23NO/c1-11(2)9-7-5-4-6-8-10-12-3/h4-10H2,1-3H3. The van der Waals surface area contributed by atoms with E-state index in [4.69, 9.17) is 4.74 Å². The number of nitrogens with zero attached hydrogens (tertiary/aromatic N) is 1. The van der Waals surface area contributed by atoms with E-state index >= 15 is 0 Å². The third-order valence-electron chi connectivity index (χ3n) is 1.95. The average Bonchev–Trinajstić information content (AvgIpc) is 2.02. The largest absolute Gasteiger partial charge is 0.385 e. The van der Waals surface area contributed by atoms with Crippen molar-refractivity contribution >= 4 is 0 Å². The first-order valence-corrected chi connectivity index (χ1v) is 4.91. The molecule has 74 valence electrons. The Bertz CT molecular complexity index is 83.9. The van der Waals surface area contributed by atoms with E-state index in [0.29, 0.717) is 0 Å². The van der Waals surface area contributed by atoms with Gasteiger partial charge in [0.05, 0.1) is 0 Å². The van der Waals surface area contributed by atoms with E-state index < -0.39 is 0 Å². The Labute approximate surface area is 76.9 Å². The summed E-state index contributed by atoms with van der Waals surface area (Å²) in [6.07, 6.45) is 6.60. The van der Waals surface area contributed by atoms with E-state index in [2.05, 4.69) is 19.0 Å². The number of hydrogen-bond donors (Lipinski definition) is 0. The van der Waals surface area contributed by atoms with Crippen molar-refractivity contribution in [1.29, 1.82) is 0 Å². The minimum Gasteiger partial charge on any atom is -0.385 e. The molecule has 0 aliphatic heterocycles. The van der Waals surface area contributed by atoms with Crippen molar-refractivity contribution < 1.29 is 4.74 Å². The van der Waals surface area contributed by atoms with Crippen LogP contribution in [0.5, 0.6) is 0 Å². The fraction of sp³-hybridized carbons (Fsp3) is 1.00. The molecule has 12 heavy (non-hydrogen) atoms. The number of ether oxygens (including phenoxy) is 1. The van der Waals surface area contributed by atoms with Crippen LogP contribution in [0.25, 0.3) is 0 Å². The van der Waals surface area contributed by atoms with Gasteiger partial charge < -0.3 is 9.64 Å². The van der Waals surface area contributed by atoms with Crippen molar-refractivity contribution in [3.63, 3.8) is 0 Å². The predicted molar refractivity (Wildman–Crippen MR) is 53.5 cm³/mol. The lowest BCUT2D eigenvalue weighted by Gasteiger charge is -2.08. The van der Waals surface area contributed by atoms with Gasteiger partial charge in [0.2, 0.25) is 0 Å². The van der Waals surface area contributed by atoms with Gasteiger partial charge >= 0.3 is 0 Å². The second-order valence-corrected chi connectivity index (χ2v) is 3.56. The Hall–Kier alpha value is -0.0800. The van der Waals surface area contributed by atoms with E-state index in [9.17, 15) is 0 Å². The van der Waals surface area contributed by atoms with E-state index in [1.54, 1.807) is 7.11 Å². The Morgan fingerprint density at radius 1 is 0.917 bits per heavy atom. The van der Waals surface area contributed by atoms with Gasteiger partial charge in [0, 0.05) is 13.7 Å². The molecule has 0 amide bonds. The van der Waals surface area contributed by atoms with Crippen LogP contribution in [0, 0.1) is 0 Å². The van der Waals surface area contributed by atoms with Crippen LogP contribution in [0.2, 0.25) is 0 Å². The zero-order chi connectivity index (χ0) is 9.23. The lowest BCUT2D eigenvalue weighted by molar-refractivity contribution is 0.191. The maximum Gasteiger partial charge on any atom is 0.0462 e. The molecule has 0 saturated carbocycles. The van der Waals surface area contributed by atoms with Crippen LogP contribution in [0.15, 0.2) is 0 Å². The summed E-state index contributed by atoms with van der Waals surface area (Å²) in [7, 11) is 6.03. The second-order valence-electron chi connectivity index (χ2n) is 3.56. The Morgan fingerprint density at radius 3 is 2.08 bits per heavy atom. The molecule has 0 aliphatic carbocycles. The van der Waals surface area contributed by atoms with Crippen molar-refractivity contribution in [3.05, 3.63) is 0 Å². The highest BCUT2D eigenvalue weighted by molar-refractivity contribution is 4.47. The Balaban J connectivity index is 2.82. The smallest absolute Gasteiger partial charge is 0.0462 e. The lowest BCUT2D eigenvalue weighted by Crippen LogP contribution is -2.12. The summed E-state index contributed by atoms with van der Waals surface area (Å²) < 4.78 is 4.98. The van der Waals surface area contributed by atoms with Crippen molar-refractivity contribution in [2.45, 2.75) is 32.1 Å². The van der Waals surface area contributed by atoms with Crippen molar-refractivity contribution in [3.8, 4) is 0 Å². The first-order valence-electron chi connectivity index (χ1n) is 4.91. The molecule has 0 heterocycles. The van der Waals surface area contributed by atoms with Crippen LogP contribution in [0.3, 0.4) is 0 Å². The van der Waals surface area contributed by atoms with Crippen molar-refractivity contribution in [2.75, 3.05) is 34.4 Å². The summed E-state index contributed by atoms with van der Waals surface area (Å²) in [6, 6.07) is 0. The van der Waals surface area contributed by atoms with E-state index in [0.717, 1.165) is 6.61 Å². The summed E-state index contributed by atoms with van der Waals surface area (Å²) in [5.74, 6) is 0. The van der Waals surface area contributed by atoms with Gasteiger partial charge in [-0.05, 0) is 33.5 Å². The topological polar surface area (TPSA) is 12.5 Å². The quantitative estimate of drug-likeness (QED) is 0.521. The monoisotopic (exact) mass is 173 g/mol. The molecule has 0 aromatic carbocycles. The first kappa shape index (κ1) is 11.9. The van der Waals surface area contributed by atoms with E-state index in [1.807, 2.05) is 0 Å². The molecule has 0 saturated heterocycles. The zero-order valence-corrected chi connectivity index (χ0v) is 8.81. The fourth-order valence-electron chi connectivity index (χ4n) is 1.20. The van der Waals surface area contributed by atoms with Gasteiger partial charge in [0.1, 0.15) is 0 Å². The van der Waals surface area contributed by atoms with Crippen LogP contribution < -0.4 is 0 Å². The molecule has 0 atom stereocenters. The van der Waals surface area contributed by atoms with Gasteiger partial charge in [-0.1, -0.05) is 19.3 Å². The molecule has 0 N–H and O–H groups in total. The molecule has 0 aromatic rings. The molecular weight excluding hydrogens is 150 g/mol. The molecule has 0 rings (SSSR count). The van der Waals surface area contributed by atoms with Crippen LogP contribution in [-0.4, -0.2) is 39.3 Å². The van der Waals surface area contributed by atoms with Crippen LogP contribution in [0.4, 0.5) is 0 Å². The minimum atomic E-state index is 0.924. The highest BCUT2D eigenvalue weighted by Crippen LogP contribution is 2.03. The van der Waals surface area contributed by atoms with Gasteiger partial charge in [-0.25, -0.2) is 0 Å². The Morgan fingerprint density at radius 2 is 1.50 bits per heavy atom. The van der Waals surface area contributed by atoms with Crippen LogP contribution in [0.1, 0.15) is 32.1 Å². The SMILES string of the molecule is COCCCCCCCN(C)C. The first-order chi connectivity index (χ1) is 5.77. The summed E-state index contributed by atoms with van der Waals surface area (Å²) in [4.78, 5) is 2.25. The van der Waals surface area contributed by atoms with E-state index in [1.165, 1.54) is 38.6 Å². The maximum atomic E-state index is 4.98. The molecule has 2 nitrogen and oxygen atoms in total. The van der Waals surface area contributed by atoms with E-state index in [-0.39, 0.29) is 0 Å². The third kappa shape index (κ3) is 9.92. The van der Waals surface area contributed by atoms with Crippen LogP contribution >= 0.6 is 0 Å². The van der Waals surface area contributed by atoms with Crippen molar-refractivity contribution in [1.82, 2.24) is 4.90 Å². The molecule has 0 aromatic heterocycles. The summed E-state index contributed by atoms with van der Waals surface area (Å²) in [6.45, 7) is 2.15. The average molecular weight is 173 g/mol. The number of unbranched alkanes of at least 4 members (excludes halogenated alkanes) is 4. The minimum absolute atomic E-state index is 0.924. The molecule has 0 spiro atoms. The van der Waals surface area contributed by atoms with Gasteiger partial charge in [-0.15, -0.1) is 0 Å². The summed E-state index contributed by atoms with van der Waals surface area (Å²) in [5, 5.41) is 0. The summed E-state index contributed by atoms with van der Waals surface area (Å²) in [5.41, 5.74) is 0. The number of hydrogen-bond acceptors (Lipinski definition) is 2. The number of rotatable bonds is 8.